The maximum absolute atomic E-state index is 9.19. The van der Waals surface area contributed by atoms with Crippen molar-refractivity contribution in [3.8, 4) is 0 Å². The Morgan fingerprint density at radius 2 is 1.64 bits per heavy atom. The quantitative estimate of drug-likeness (QED) is 0.426. The van der Waals surface area contributed by atoms with Crippen LogP contribution in [-0.4, -0.2) is 19.2 Å². The van der Waals surface area contributed by atoms with E-state index in [-0.39, 0.29) is 0 Å². The van der Waals surface area contributed by atoms with Gasteiger partial charge in [-0.2, -0.15) is 8.42 Å². The normalized spacial score (nSPS) is 10.9. The number of hydrogen-bond acceptors (Lipinski definition) is 2. The van der Waals surface area contributed by atoms with Gasteiger partial charge in [-0.3, -0.25) is 4.55 Å². The third-order valence-corrected chi connectivity index (χ3v) is 3.23. The van der Waals surface area contributed by atoms with E-state index in [4.69, 9.17) is 4.55 Å². The smallest absolute Gasteiger partial charge is 0.261 e. The molecule has 1 N–H and O–H groups in total. The van der Waals surface area contributed by atoms with Crippen LogP contribution in [0, 0.1) is 0 Å². The van der Waals surface area contributed by atoms with Crippen LogP contribution in [0.3, 0.4) is 0 Å². The fourth-order valence-electron chi connectivity index (χ4n) is 2.23. The molecule has 0 bridgehead atoms. The number of aromatic nitrogens is 1. The van der Waals surface area contributed by atoms with Gasteiger partial charge in [0.25, 0.3) is 10.1 Å². The van der Waals surface area contributed by atoms with Gasteiger partial charge in [-0.05, 0) is 18.9 Å². The molecule has 5 heteroatoms. The summed E-state index contributed by atoms with van der Waals surface area (Å²) in [5, 5.41) is 0. The Morgan fingerprint density at radius 1 is 1.05 bits per heavy atom. The number of hydrogen-bond donors (Lipinski definition) is 1. The van der Waals surface area contributed by atoms with Crippen LogP contribution in [-0.2, 0) is 23.1 Å². The van der Waals surface area contributed by atoms with Crippen molar-refractivity contribution in [2.45, 2.75) is 71.8 Å². The SMILES string of the molecule is CCCCCCCC[n+]1cccc(CCC)c1.CS(=O)(=O)O. The minimum absolute atomic E-state index is 0.715. The summed E-state index contributed by atoms with van der Waals surface area (Å²) in [5.41, 5.74) is 1.47. The highest BCUT2D eigenvalue weighted by Crippen LogP contribution is 2.05. The lowest BCUT2D eigenvalue weighted by Crippen LogP contribution is -2.33. The van der Waals surface area contributed by atoms with Crippen molar-refractivity contribution in [2.24, 2.45) is 0 Å². The molecule has 0 fully saturated rings. The zero-order chi connectivity index (χ0) is 16.8. The first-order valence-electron chi connectivity index (χ1n) is 8.27. The lowest BCUT2D eigenvalue weighted by Gasteiger charge is -2.00. The van der Waals surface area contributed by atoms with Crippen molar-refractivity contribution < 1.29 is 17.5 Å². The van der Waals surface area contributed by atoms with Crippen LogP contribution in [0.5, 0.6) is 0 Å². The summed E-state index contributed by atoms with van der Waals surface area (Å²) in [4.78, 5) is 0. The predicted molar refractivity (Wildman–Crippen MR) is 91.5 cm³/mol. The summed E-state index contributed by atoms with van der Waals surface area (Å²) in [6.07, 6.45) is 15.9. The fourth-order valence-corrected chi connectivity index (χ4v) is 2.23. The highest BCUT2D eigenvalue weighted by Gasteiger charge is 2.01. The van der Waals surface area contributed by atoms with Gasteiger partial charge >= 0.3 is 0 Å². The van der Waals surface area contributed by atoms with Crippen molar-refractivity contribution in [3.05, 3.63) is 30.1 Å². The average molecular weight is 331 g/mol. The number of unbranched alkanes of at least 4 members (excludes halogenated alkanes) is 5. The standard InChI is InChI=1S/C16H28N.CH4O3S/c1-3-5-6-7-8-9-13-17-14-10-12-16(15-17)11-4-2;1-5(2,3)4/h10,12,14-15H,3-9,11,13H2,1-2H3;1H3,(H,2,3,4)/q+1;. The molecule has 1 heterocycles. The van der Waals surface area contributed by atoms with E-state index in [2.05, 4.69) is 42.9 Å². The van der Waals surface area contributed by atoms with E-state index in [9.17, 15) is 8.42 Å². The van der Waals surface area contributed by atoms with Crippen LogP contribution in [0.2, 0.25) is 0 Å². The lowest BCUT2D eigenvalue weighted by molar-refractivity contribution is -0.697. The molecule has 0 amide bonds. The van der Waals surface area contributed by atoms with Crippen molar-refractivity contribution in [3.63, 3.8) is 0 Å². The maximum Gasteiger partial charge on any atom is 0.261 e. The molecule has 0 aliphatic carbocycles. The molecule has 0 radical (unpaired) electrons. The minimum atomic E-state index is -3.67. The van der Waals surface area contributed by atoms with Gasteiger partial charge in [-0.15, -0.1) is 0 Å². The molecule has 0 saturated heterocycles. The van der Waals surface area contributed by atoms with Crippen LogP contribution in [0.15, 0.2) is 24.5 Å². The second-order valence-corrected chi connectivity index (χ2v) is 7.17. The number of pyridine rings is 1. The first kappa shape index (κ1) is 21.1. The Bertz CT molecular complexity index is 478. The number of rotatable bonds is 9. The molecule has 1 aromatic rings. The summed E-state index contributed by atoms with van der Waals surface area (Å²) in [5.74, 6) is 0. The molecule has 128 valence electrons. The van der Waals surface area contributed by atoms with Gasteiger partial charge in [0.05, 0.1) is 6.26 Å². The van der Waals surface area contributed by atoms with E-state index in [1.807, 2.05) is 0 Å². The highest BCUT2D eigenvalue weighted by molar-refractivity contribution is 7.85. The molecule has 0 aromatic carbocycles. The molecule has 0 aliphatic heterocycles. The van der Waals surface area contributed by atoms with Crippen LogP contribution >= 0.6 is 0 Å². The summed E-state index contributed by atoms with van der Waals surface area (Å²) in [6, 6.07) is 4.42. The monoisotopic (exact) mass is 330 g/mol. The fraction of sp³-hybridized carbons (Fsp3) is 0.706. The van der Waals surface area contributed by atoms with Crippen LogP contribution in [0.4, 0.5) is 0 Å². The third-order valence-electron chi connectivity index (χ3n) is 3.23. The molecule has 0 atom stereocenters. The van der Waals surface area contributed by atoms with Crippen LogP contribution < -0.4 is 4.57 Å². The topological polar surface area (TPSA) is 58.2 Å². The molecule has 22 heavy (non-hydrogen) atoms. The second-order valence-electron chi connectivity index (χ2n) is 5.70. The van der Waals surface area contributed by atoms with Crippen molar-refractivity contribution in [1.82, 2.24) is 0 Å². The molecular formula is C17H32NO3S+. The molecule has 4 nitrogen and oxygen atoms in total. The van der Waals surface area contributed by atoms with E-state index >= 15 is 0 Å². The maximum atomic E-state index is 9.19. The largest absolute Gasteiger partial charge is 0.286 e. The van der Waals surface area contributed by atoms with Crippen molar-refractivity contribution >= 4 is 10.1 Å². The molecule has 0 saturated carbocycles. The van der Waals surface area contributed by atoms with E-state index < -0.39 is 10.1 Å². The third kappa shape index (κ3) is 15.4. The highest BCUT2D eigenvalue weighted by atomic mass is 32.2. The Morgan fingerprint density at radius 3 is 2.23 bits per heavy atom. The van der Waals surface area contributed by atoms with Crippen LogP contribution in [0.1, 0.15) is 64.4 Å². The van der Waals surface area contributed by atoms with Gasteiger partial charge in [0, 0.05) is 18.1 Å². The Labute approximate surface area is 136 Å². The summed E-state index contributed by atoms with van der Waals surface area (Å²) in [7, 11) is -3.67. The lowest BCUT2D eigenvalue weighted by atomic mass is 10.1. The van der Waals surface area contributed by atoms with Gasteiger partial charge < -0.3 is 0 Å². The number of aryl methyl sites for hydroxylation is 2. The van der Waals surface area contributed by atoms with Crippen LogP contribution in [0.25, 0.3) is 0 Å². The van der Waals surface area contributed by atoms with Crippen molar-refractivity contribution in [2.75, 3.05) is 6.26 Å². The number of nitrogens with zero attached hydrogens (tertiary/aromatic N) is 1. The van der Waals surface area contributed by atoms with Gasteiger partial charge in [0.15, 0.2) is 12.4 Å². The molecule has 0 aliphatic rings. The van der Waals surface area contributed by atoms with E-state index in [0.717, 1.165) is 0 Å². The molecular weight excluding hydrogens is 298 g/mol. The molecule has 0 unspecified atom stereocenters. The van der Waals surface area contributed by atoms with Gasteiger partial charge in [-0.1, -0.05) is 46.0 Å². The predicted octanol–water partition coefficient (Wildman–Crippen LogP) is 3.79. The zero-order valence-corrected chi connectivity index (χ0v) is 15.1. The average Bonchev–Trinajstić information content (AvgIpc) is 2.42. The first-order chi connectivity index (χ1) is 10.4. The Hall–Kier alpha value is -0.940. The first-order valence-corrected chi connectivity index (χ1v) is 10.1. The minimum Gasteiger partial charge on any atom is -0.286 e. The Balaban J connectivity index is 0.000000763. The van der Waals surface area contributed by atoms with Crippen molar-refractivity contribution in [1.29, 1.82) is 0 Å². The van der Waals surface area contributed by atoms with Gasteiger partial charge in [0.2, 0.25) is 0 Å². The zero-order valence-electron chi connectivity index (χ0n) is 14.3. The summed E-state index contributed by atoms with van der Waals surface area (Å²) >= 11 is 0. The Kier molecular flexibility index (Phi) is 12.1. The van der Waals surface area contributed by atoms with E-state index in [1.165, 1.54) is 63.5 Å². The van der Waals surface area contributed by atoms with Gasteiger partial charge in [-0.25, -0.2) is 4.57 Å². The van der Waals surface area contributed by atoms with E-state index in [1.54, 1.807) is 0 Å². The van der Waals surface area contributed by atoms with Gasteiger partial charge in [0.1, 0.15) is 6.54 Å². The molecule has 0 spiro atoms. The molecule has 1 aromatic heterocycles. The molecule has 1 rings (SSSR count). The van der Waals surface area contributed by atoms with E-state index in [0.29, 0.717) is 6.26 Å². The summed E-state index contributed by atoms with van der Waals surface area (Å²) in [6.45, 7) is 5.70. The second kappa shape index (κ2) is 12.6. The summed E-state index contributed by atoms with van der Waals surface area (Å²) < 4.78 is 28.2.